The van der Waals surface area contributed by atoms with Gasteiger partial charge < -0.3 is 9.32 Å². The van der Waals surface area contributed by atoms with Crippen LogP contribution in [0.25, 0.3) is 98.8 Å². The fraction of sp³-hybridized carbons (Fsp3) is 0. The maximum atomic E-state index is 6.63. The summed E-state index contributed by atoms with van der Waals surface area (Å²) in [6, 6.07) is 85.4. The van der Waals surface area contributed by atoms with Crippen molar-refractivity contribution in [3.63, 3.8) is 0 Å². The molecule has 0 bridgehead atoms. The number of furan rings is 1. The molecule has 12 aromatic rings. The highest BCUT2D eigenvalue weighted by atomic mass is 16.3. The Labute approximate surface area is 360 Å². The molecule has 0 unspecified atom stereocenters. The summed E-state index contributed by atoms with van der Waals surface area (Å²) in [4.78, 5) is 2.36. The zero-order chi connectivity index (χ0) is 41.0. The Balaban J connectivity index is 0.973. The number of hydrogen-bond acceptors (Lipinski definition) is 2. The average Bonchev–Trinajstić information content (AvgIpc) is 3.73. The maximum Gasteiger partial charge on any atom is 0.143 e. The molecule has 0 atom stereocenters. The van der Waals surface area contributed by atoms with Gasteiger partial charge in [0.2, 0.25) is 0 Å². The third-order valence-electron chi connectivity index (χ3n) is 12.5. The SMILES string of the molecule is c1ccc2cc(-c3ccc(N(c4ccc(-c5ccc6ccccc6c5-c5cccc6c5oc5ccccc56)cc4)c4ccc(-c5cccc6ccccc56)cc4)cc3)ccc2c1. The molecule has 0 fully saturated rings. The van der Waals surface area contributed by atoms with Gasteiger partial charge in [-0.3, -0.25) is 0 Å². The van der Waals surface area contributed by atoms with E-state index in [1.807, 2.05) is 6.07 Å². The summed E-state index contributed by atoms with van der Waals surface area (Å²) in [5, 5.41) is 9.63. The lowest BCUT2D eigenvalue weighted by Gasteiger charge is -2.26. The van der Waals surface area contributed by atoms with E-state index in [1.54, 1.807) is 0 Å². The van der Waals surface area contributed by atoms with E-state index < -0.39 is 0 Å². The lowest BCUT2D eigenvalue weighted by atomic mass is 9.89. The number of para-hydroxylation sites is 2. The monoisotopic (exact) mass is 789 g/mol. The van der Waals surface area contributed by atoms with Crippen LogP contribution in [0.2, 0.25) is 0 Å². The fourth-order valence-corrected chi connectivity index (χ4v) is 9.42. The first-order valence-electron chi connectivity index (χ1n) is 21.2. The molecule has 0 saturated carbocycles. The zero-order valence-corrected chi connectivity index (χ0v) is 33.9. The highest BCUT2D eigenvalue weighted by Gasteiger charge is 2.19. The summed E-state index contributed by atoms with van der Waals surface area (Å²) < 4.78 is 6.63. The molecule has 62 heavy (non-hydrogen) atoms. The summed E-state index contributed by atoms with van der Waals surface area (Å²) in [5.41, 5.74) is 14.4. The first-order chi connectivity index (χ1) is 30.7. The number of anilines is 3. The predicted octanol–water partition coefficient (Wildman–Crippen LogP) is 17.2. The van der Waals surface area contributed by atoms with E-state index in [0.29, 0.717) is 0 Å². The van der Waals surface area contributed by atoms with Crippen LogP contribution < -0.4 is 4.90 Å². The normalized spacial score (nSPS) is 11.5. The molecule has 11 aromatic carbocycles. The lowest BCUT2D eigenvalue weighted by molar-refractivity contribution is 0.670. The molecule has 0 N–H and O–H groups in total. The van der Waals surface area contributed by atoms with Gasteiger partial charge in [0, 0.05) is 39.0 Å². The van der Waals surface area contributed by atoms with E-state index in [2.05, 4.69) is 235 Å². The van der Waals surface area contributed by atoms with E-state index in [4.69, 9.17) is 4.42 Å². The Morgan fingerprint density at radius 1 is 0.274 bits per heavy atom. The highest BCUT2D eigenvalue weighted by molar-refractivity contribution is 6.14. The number of hydrogen-bond donors (Lipinski definition) is 0. The minimum absolute atomic E-state index is 0.900. The average molecular weight is 790 g/mol. The summed E-state index contributed by atoms with van der Waals surface area (Å²) >= 11 is 0. The van der Waals surface area contributed by atoms with Gasteiger partial charge in [-0.2, -0.15) is 0 Å². The largest absolute Gasteiger partial charge is 0.455 e. The second kappa shape index (κ2) is 14.8. The van der Waals surface area contributed by atoms with Crippen molar-refractivity contribution in [2.75, 3.05) is 4.90 Å². The molecule has 0 spiro atoms. The highest BCUT2D eigenvalue weighted by Crippen LogP contribution is 2.45. The Bertz CT molecular complexity index is 3610. The summed E-state index contributed by atoms with van der Waals surface area (Å²) in [7, 11) is 0. The van der Waals surface area contributed by atoms with Gasteiger partial charge in [-0.15, -0.1) is 0 Å². The quantitative estimate of drug-likeness (QED) is 0.160. The third kappa shape index (κ3) is 6.12. The van der Waals surface area contributed by atoms with E-state index in [0.717, 1.165) is 55.7 Å². The summed E-state index contributed by atoms with van der Waals surface area (Å²) in [6.07, 6.45) is 0. The van der Waals surface area contributed by atoms with Crippen LogP contribution in [0, 0.1) is 0 Å². The van der Waals surface area contributed by atoms with E-state index in [1.165, 1.54) is 60.1 Å². The molecule has 0 aliphatic heterocycles. The number of fused-ring (bicyclic) bond motifs is 6. The number of nitrogens with zero attached hydrogens (tertiary/aromatic N) is 1. The van der Waals surface area contributed by atoms with Gasteiger partial charge in [-0.1, -0.05) is 188 Å². The molecule has 0 amide bonds. The summed E-state index contributed by atoms with van der Waals surface area (Å²) in [5.74, 6) is 0. The Hall–Kier alpha value is -8.20. The van der Waals surface area contributed by atoms with Crippen LogP contribution in [0.5, 0.6) is 0 Å². The number of rotatable bonds is 7. The van der Waals surface area contributed by atoms with Gasteiger partial charge in [-0.05, 0) is 114 Å². The molecule has 12 rings (SSSR count). The molecule has 1 aromatic heterocycles. The molecule has 2 nitrogen and oxygen atoms in total. The standard InChI is InChI=1S/C60H39NO/c1-2-14-46-39-47(24-23-40(46)11-1)41-25-32-48(33-26-41)61(49-34-27-44(28-35-49)52-19-9-15-42-12-3-5-16-51(42)52)50-36-29-45(30-37-50)54-38-31-43-13-4-6-17-53(43)59(54)57-21-10-20-56-55-18-7-8-22-58(55)62-60(56)57/h1-39H. The second-order valence-corrected chi connectivity index (χ2v) is 16.1. The van der Waals surface area contributed by atoms with Gasteiger partial charge in [0.15, 0.2) is 0 Å². The second-order valence-electron chi connectivity index (χ2n) is 16.1. The van der Waals surface area contributed by atoms with Crippen molar-refractivity contribution in [2.45, 2.75) is 0 Å². The molecular formula is C60H39NO. The van der Waals surface area contributed by atoms with Crippen LogP contribution >= 0.6 is 0 Å². The van der Waals surface area contributed by atoms with Crippen molar-refractivity contribution in [2.24, 2.45) is 0 Å². The third-order valence-corrected chi connectivity index (χ3v) is 12.5. The molecule has 1 heterocycles. The van der Waals surface area contributed by atoms with Crippen LogP contribution in [-0.4, -0.2) is 0 Å². The summed E-state index contributed by atoms with van der Waals surface area (Å²) in [6.45, 7) is 0. The van der Waals surface area contributed by atoms with Crippen molar-refractivity contribution >= 4 is 71.3 Å². The molecule has 0 radical (unpaired) electrons. The van der Waals surface area contributed by atoms with Gasteiger partial charge in [0.05, 0.1) is 0 Å². The Morgan fingerprint density at radius 3 is 1.48 bits per heavy atom. The Kier molecular flexibility index (Phi) is 8.53. The van der Waals surface area contributed by atoms with Crippen molar-refractivity contribution in [3.05, 3.63) is 237 Å². The van der Waals surface area contributed by atoms with E-state index >= 15 is 0 Å². The molecule has 290 valence electrons. The van der Waals surface area contributed by atoms with Gasteiger partial charge in [0.25, 0.3) is 0 Å². The molecule has 0 saturated heterocycles. The van der Waals surface area contributed by atoms with Crippen molar-refractivity contribution in [1.82, 2.24) is 0 Å². The maximum absolute atomic E-state index is 6.63. The van der Waals surface area contributed by atoms with Crippen LogP contribution in [0.15, 0.2) is 241 Å². The van der Waals surface area contributed by atoms with Gasteiger partial charge in [-0.25, -0.2) is 0 Å². The molecular weight excluding hydrogens is 751 g/mol. The van der Waals surface area contributed by atoms with Crippen molar-refractivity contribution in [1.29, 1.82) is 0 Å². The van der Waals surface area contributed by atoms with E-state index in [9.17, 15) is 0 Å². The van der Waals surface area contributed by atoms with Crippen LogP contribution in [0.1, 0.15) is 0 Å². The Morgan fingerprint density at radius 2 is 0.758 bits per heavy atom. The molecule has 0 aliphatic carbocycles. The molecule has 0 aliphatic rings. The molecule has 2 heteroatoms. The van der Waals surface area contributed by atoms with Crippen LogP contribution in [0.4, 0.5) is 17.1 Å². The number of benzene rings is 11. The minimum atomic E-state index is 0.900. The zero-order valence-electron chi connectivity index (χ0n) is 33.9. The van der Waals surface area contributed by atoms with E-state index in [-0.39, 0.29) is 0 Å². The van der Waals surface area contributed by atoms with Crippen LogP contribution in [-0.2, 0) is 0 Å². The first-order valence-corrected chi connectivity index (χ1v) is 21.2. The lowest BCUT2D eigenvalue weighted by Crippen LogP contribution is -2.09. The topological polar surface area (TPSA) is 16.4 Å². The van der Waals surface area contributed by atoms with Crippen molar-refractivity contribution < 1.29 is 4.42 Å². The van der Waals surface area contributed by atoms with Crippen LogP contribution in [0.3, 0.4) is 0 Å². The van der Waals surface area contributed by atoms with Crippen molar-refractivity contribution in [3.8, 4) is 44.5 Å². The van der Waals surface area contributed by atoms with Gasteiger partial charge in [0.1, 0.15) is 11.2 Å². The first kappa shape index (κ1) is 35.7. The smallest absolute Gasteiger partial charge is 0.143 e. The fourth-order valence-electron chi connectivity index (χ4n) is 9.42. The minimum Gasteiger partial charge on any atom is -0.455 e. The van der Waals surface area contributed by atoms with Gasteiger partial charge >= 0.3 is 0 Å². The predicted molar refractivity (Wildman–Crippen MR) is 263 cm³/mol.